The Labute approximate surface area is 86.8 Å². The lowest BCUT2D eigenvalue weighted by Crippen LogP contribution is -1.89. The molecule has 0 saturated heterocycles. The highest BCUT2D eigenvalue weighted by atomic mass is 35.5. The van der Waals surface area contributed by atoms with Gasteiger partial charge in [-0.25, -0.2) is 4.39 Å². The van der Waals surface area contributed by atoms with Gasteiger partial charge in [0.2, 0.25) is 0 Å². The van der Waals surface area contributed by atoms with Gasteiger partial charge in [-0.1, -0.05) is 24.2 Å². The SMILES string of the molecule is C=C(C)c1ccc(Cl)c(SC)c1F. The molecular formula is C10H10ClFS. The number of allylic oxidation sites excluding steroid dienone is 1. The summed E-state index contributed by atoms with van der Waals surface area (Å²) < 4.78 is 13.6. The quantitative estimate of drug-likeness (QED) is 0.667. The zero-order valence-electron chi connectivity index (χ0n) is 7.53. The van der Waals surface area contributed by atoms with Crippen molar-refractivity contribution in [1.29, 1.82) is 0 Å². The Morgan fingerprint density at radius 1 is 1.54 bits per heavy atom. The van der Waals surface area contributed by atoms with Crippen LogP contribution in [0, 0.1) is 5.82 Å². The fraction of sp³-hybridized carbons (Fsp3) is 0.200. The van der Waals surface area contributed by atoms with Crippen molar-refractivity contribution in [1.82, 2.24) is 0 Å². The first kappa shape index (κ1) is 10.6. The van der Waals surface area contributed by atoms with E-state index in [-0.39, 0.29) is 5.82 Å². The minimum absolute atomic E-state index is 0.271. The molecule has 0 fully saturated rings. The molecular weight excluding hydrogens is 207 g/mol. The lowest BCUT2D eigenvalue weighted by Gasteiger charge is -2.07. The van der Waals surface area contributed by atoms with E-state index in [0.29, 0.717) is 21.1 Å². The fourth-order valence-corrected chi connectivity index (χ4v) is 1.98. The van der Waals surface area contributed by atoms with Gasteiger partial charge in [0.05, 0.1) is 9.92 Å². The van der Waals surface area contributed by atoms with E-state index in [0.717, 1.165) is 0 Å². The zero-order chi connectivity index (χ0) is 10.0. The Bertz CT molecular complexity index is 347. The van der Waals surface area contributed by atoms with Crippen molar-refractivity contribution in [2.24, 2.45) is 0 Å². The molecule has 0 heterocycles. The molecule has 0 aromatic heterocycles. The van der Waals surface area contributed by atoms with Crippen LogP contribution >= 0.6 is 23.4 Å². The predicted molar refractivity (Wildman–Crippen MR) is 57.9 cm³/mol. The van der Waals surface area contributed by atoms with Gasteiger partial charge in [-0.15, -0.1) is 11.8 Å². The van der Waals surface area contributed by atoms with Crippen LogP contribution in [0.4, 0.5) is 4.39 Å². The van der Waals surface area contributed by atoms with E-state index in [1.807, 2.05) is 0 Å². The molecule has 0 amide bonds. The van der Waals surface area contributed by atoms with Gasteiger partial charge < -0.3 is 0 Å². The Kier molecular flexibility index (Phi) is 3.40. The summed E-state index contributed by atoms with van der Waals surface area (Å²) in [6.45, 7) is 5.47. The van der Waals surface area contributed by atoms with Crippen LogP contribution in [0.25, 0.3) is 5.57 Å². The Morgan fingerprint density at radius 3 is 2.62 bits per heavy atom. The second-order valence-corrected chi connectivity index (χ2v) is 3.95. The third-order valence-electron chi connectivity index (χ3n) is 1.71. The first-order valence-electron chi connectivity index (χ1n) is 3.75. The second kappa shape index (κ2) is 4.16. The van der Waals surface area contributed by atoms with Gasteiger partial charge in [-0.2, -0.15) is 0 Å². The van der Waals surface area contributed by atoms with Crippen LogP contribution < -0.4 is 0 Å². The number of hydrogen-bond donors (Lipinski definition) is 0. The van der Waals surface area contributed by atoms with Crippen LogP contribution in [0.15, 0.2) is 23.6 Å². The molecule has 0 spiro atoms. The summed E-state index contributed by atoms with van der Waals surface area (Å²) in [7, 11) is 0. The lowest BCUT2D eigenvalue weighted by atomic mass is 10.1. The monoisotopic (exact) mass is 216 g/mol. The van der Waals surface area contributed by atoms with Gasteiger partial charge in [-0.3, -0.25) is 0 Å². The highest BCUT2D eigenvalue weighted by molar-refractivity contribution is 7.98. The van der Waals surface area contributed by atoms with Crippen molar-refractivity contribution >= 4 is 28.9 Å². The first-order chi connectivity index (χ1) is 6.07. The minimum atomic E-state index is -0.271. The molecule has 0 atom stereocenters. The predicted octanol–water partition coefficient (Wildman–Crippen LogP) is 4.23. The molecule has 0 saturated carbocycles. The molecule has 1 aromatic rings. The van der Waals surface area contributed by atoms with Gasteiger partial charge in [0.15, 0.2) is 0 Å². The third-order valence-corrected chi connectivity index (χ3v) is 2.95. The van der Waals surface area contributed by atoms with E-state index in [4.69, 9.17) is 11.6 Å². The lowest BCUT2D eigenvalue weighted by molar-refractivity contribution is 0.598. The molecule has 1 aromatic carbocycles. The molecule has 0 N–H and O–H groups in total. The van der Waals surface area contributed by atoms with Crippen molar-refractivity contribution in [2.45, 2.75) is 11.8 Å². The number of halogens is 2. The molecule has 0 radical (unpaired) electrons. The topological polar surface area (TPSA) is 0 Å². The first-order valence-corrected chi connectivity index (χ1v) is 5.36. The summed E-state index contributed by atoms with van der Waals surface area (Å²) in [5, 5.41) is 0.454. The molecule has 1 rings (SSSR count). The van der Waals surface area contributed by atoms with Crippen molar-refractivity contribution in [3.05, 3.63) is 35.1 Å². The van der Waals surface area contributed by atoms with Crippen molar-refractivity contribution < 1.29 is 4.39 Å². The Balaban J connectivity index is 3.35. The smallest absolute Gasteiger partial charge is 0.145 e. The van der Waals surface area contributed by atoms with Gasteiger partial charge in [0.1, 0.15) is 5.82 Å². The summed E-state index contributed by atoms with van der Waals surface area (Å²) in [6.07, 6.45) is 1.80. The number of thioether (sulfide) groups is 1. The average molecular weight is 217 g/mol. The van der Waals surface area contributed by atoms with Crippen LogP contribution in [-0.2, 0) is 0 Å². The van der Waals surface area contributed by atoms with Crippen molar-refractivity contribution in [3.8, 4) is 0 Å². The molecule has 0 aliphatic carbocycles. The standard InChI is InChI=1S/C10H10ClFS/c1-6(2)7-4-5-8(11)10(13-3)9(7)12/h4-5H,1H2,2-3H3. The van der Waals surface area contributed by atoms with Gasteiger partial charge >= 0.3 is 0 Å². The zero-order valence-corrected chi connectivity index (χ0v) is 9.10. The summed E-state index contributed by atoms with van der Waals surface area (Å²) in [5.41, 5.74) is 1.25. The normalized spacial score (nSPS) is 10.2. The summed E-state index contributed by atoms with van der Waals surface area (Å²) >= 11 is 7.12. The molecule has 0 nitrogen and oxygen atoms in total. The van der Waals surface area contributed by atoms with E-state index >= 15 is 0 Å². The Morgan fingerprint density at radius 2 is 2.15 bits per heavy atom. The second-order valence-electron chi connectivity index (χ2n) is 2.72. The van der Waals surface area contributed by atoms with Crippen LogP contribution in [0.2, 0.25) is 5.02 Å². The van der Waals surface area contributed by atoms with Crippen molar-refractivity contribution in [2.75, 3.05) is 6.26 Å². The maximum absolute atomic E-state index is 13.6. The summed E-state index contributed by atoms with van der Waals surface area (Å²) in [4.78, 5) is 0.488. The summed E-state index contributed by atoms with van der Waals surface area (Å²) in [5.74, 6) is -0.271. The van der Waals surface area contributed by atoms with E-state index in [1.54, 1.807) is 25.3 Å². The van der Waals surface area contributed by atoms with Crippen LogP contribution in [0.1, 0.15) is 12.5 Å². The highest BCUT2D eigenvalue weighted by Crippen LogP contribution is 2.32. The van der Waals surface area contributed by atoms with Gasteiger partial charge in [0.25, 0.3) is 0 Å². The van der Waals surface area contributed by atoms with Crippen LogP contribution in [0.3, 0.4) is 0 Å². The Hall–Kier alpha value is -0.470. The highest BCUT2D eigenvalue weighted by Gasteiger charge is 2.11. The van der Waals surface area contributed by atoms with Crippen molar-refractivity contribution in [3.63, 3.8) is 0 Å². The van der Waals surface area contributed by atoms with E-state index in [2.05, 4.69) is 6.58 Å². The maximum atomic E-state index is 13.6. The summed E-state index contributed by atoms with van der Waals surface area (Å²) in [6, 6.07) is 3.35. The third kappa shape index (κ3) is 2.06. The fourth-order valence-electron chi connectivity index (χ4n) is 1.05. The maximum Gasteiger partial charge on any atom is 0.145 e. The largest absolute Gasteiger partial charge is 0.205 e. The molecule has 0 aliphatic heterocycles. The average Bonchev–Trinajstić information content (AvgIpc) is 2.04. The van der Waals surface area contributed by atoms with Gasteiger partial charge in [-0.05, 0) is 24.8 Å². The van der Waals surface area contributed by atoms with Crippen LogP contribution in [-0.4, -0.2) is 6.26 Å². The minimum Gasteiger partial charge on any atom is -0.205 e. The number of hydrogen-bond acceptors (Lipinski definition) is 1. The van der Waals surface area contributed by atoms with E-state index in [9.17, 15) is 4.39 Å². The van der Waals surface area contributed by atoms with Crippen LogP contribution in [0.5, 0.6) is 0 Å². The molecule has 0 aliphatic rings. The molecule has 13 heavy (non-hydrogen) atoms. The number of benzene rings is 1. The van der Waals surface area contributed by atoms with E-state index < -0.39 is 0 Å². The van der Waals surface area contributed by atoms with Gasteiger partial charge in [0, 0.05) is 5.56 Å². The molecule has 0 bridgehead atoms. The molecule has 0 unspecified atom stereocenters. The number of rotatable bonds is 2. The van der Waals surface area contributed by atoms with E-state index in [1.165, 1.54) is 11.8 Å². The molecule has 3 heteroatoms. The molecule has 70 valence electrons.